The molecule has 6 nitrogen and oxygen atoms in total. The fourth-order valence-electron chi connectivity index (χ4n) is 2.56. The smallest absolute Gasteiger partial charge is 0.382 e. The van der Waals surface area contributed by atoms with Gasteiger partial charge in [-0.3, -0.25) is 0 Å². The Kier molecular flexibility index (Phi) is 3.60. The van der Waals surface area contributed by atoms with Crippen LogP contribution in [0.2, 0.25) is 0 Å². The van der Waals surface area contributed by atoms with Gasteiger partial charge in [-0.05, 0) is 0 Å². The molecule has 22 heavy (non-hydrogen) atoms. The predicted molar refractivity (Wildman–Crippen MR) is 73.5 cm³/mol. The number of hydrogen-bond acceptors (Lipinski definition) is 6. The monoisotopic (exact) mass is 333 g/mol. The molecule has 1 fully saturated rings. The summed E-state index contributed by atoms with van der Waals surface area (Å²) in [5.41, 5.74) is -1.06. The first-order valence-electron chi connectivity index (χ1n) is 6.66. The normalized spacial score (nSPS) is 18.7. The van der Waals surface area contributed by atoms with Gasteiger partial charge in [-0.15, -0.1) is 0 Å². The molecule has 120 valence electrons. The quantitative estimate of drug-likeness (QED) is 0.907. The maximum Gasteiger partial charge on any atom is 0.452 e. The average molecular weight is 333 g/mol. The highest BCUT2D eigenvalue weighted by Gasteiger charge is 2.40. The molecule has 0 aliphatic carbocycles. The van der Waals surface area contributed by atoms with Crippen molar-refractivity contribution in [3.63, 3.8) is 0 Å². The van der Waals surface area contributed by atoms with Gasteiger partial charge in [0, 0.05) is 56.9 Å². The Morgan fingerprint density at radius 3 is 2.50 bits per heavy atom. The van der Waals surface area contributed by atoms with Crippen molar-refractivity contribution in [1.29, 1.82) is 0 Å². The summed E-state index contributed by atoms with van der Waals surface area (Å²) in [6, 6.07) is 0. The number of rotatable bonds is 2. The van der Waals surface area contributed by atoms with Crippen molar-refractivity contribution in [3.05, 3.63) is 24.0 Å². The molecule has 0 amide bonds. The number of anilines is 1. The second-order valence-corrected chi connectivity index (χ2v) is 6.01. The predicted octanol–water partition coefficient (Wildman–Crippen LogP) is 1.78. The van der Waals surface area contributed by atoms with E-state index in [1.807, 2.05) is 0 Å². The summed E-state index contributed by atoms with van der Waals surface area (Å²) in [5, 5.41) is 10.9. The van der Waals surface area contributed by atoms with E-state index in [1.165, 1.54) is 0 Å². The van der Waals surface area contributed by atoms with Crippen molar-refractivity contribution in [2.75, 3.05) is 18.0 Å². The third-order valence-corrected chi connectivity index (χ3v) is 4.54. The number of aryl methyl sites for hydroxylation is 1. The lowest BCUT2D eigenvalue weighted by Crippen LogP contribution is -2.44. The molecule has 0 spiro atoms. The van der Waals surface area contributed by atoms with Crippen LogP contribution in [0, 0.1) is 0 Å². The summed E-state index contributed by atoms with van der Waals surface area (Å²) in [7, 11) is 1.80. The van der Waals surface area contributed by atoms with Crippen LogP contribution in [0.1, 0.15) is 24.5 Å². The van der Waals surface area contributed by atoms with Gasteiger partial charge < -0.3 is 14.6 Å². The van der Waals surface area contributed by atoms with Crippen LogP contribution in [0.3, 0.4) is 0 Å². The van der Waals surface area contributed by atoms with Gasteiger partial charge in [0.2, 0.25) is 11.0 Å². The highest BCUT2D eigenvalue weighted by atomic mass is 32.1. The molecule has 2 aromatic rings. The zero-order valence-electron chi connectivity index (χ0n) is 11.7. The zero-order chi connectivity index (χ0) is 16.0. The van der Waals surface area contributed by atoms with Crippen molar-refractivity contribution in [3.8, 4) is 0 Å². The Hall–Kier alpha value is -1.68. The molecule has 10 heteroatoms. The number of imidazole rings is 1. The lowest BCUT2D eigenvalue weighted by atomic mass is 9.90. The summed E-state index contributed by atoms with van der Waals surface area (Å²) in [4.78, 5) is 9.42. The first kappa shape index (κ1) is 15.2. The fraction of sp³-hybridized carbons (Fsp3) is 0.583. The molecule has 1 aliphatic rings. The largest absolute Gasteiger partial charge is 0.452 e. The Balaban J connectivity index is 1.72. The van der Waals surface area contributed by atoms with E-state index in [1.54, 1.807) is 28.9 Å². The van der Waals surface area contributed by atoms with Gasteiger partial charge in [0.1, 0.15) is 11.4 Å². The summed E-state index contributed by atoms with van der Waals surface area (Å²) in [5.74, 6) is -0.544. The molecule has 1 saturated heterocycles. The van der Waals surface area contributed by atoms with Crippen LogP contribution < -0.4 is 4.90 Å². The van der Waals surface area contributed by atoms with E-state index in [-0.39, 0.29) is 5.13 Å². The van der Waals surface area contributed by atoms with Crippen molar-refractivity contribution < 1.29 is 18.3 Å². The molecule has 3 rings (SSSR count). The zero-order valence-corrected chi connectivity index (χ0v) is 12.5. The van der Waals surface area contributed by atoms with Crippen LogP contribution in [0.5, 0.6) is 0 Å². The molecular weight excluding hydrogens is 319 g/mol. The second-order valence-electron chi connectivity index (χ2n) is 5.28. The number of hydrogen-bond donors (Lipinski definition) is 1. The van der Waals surface area contributed by atoms with Crippen LogP contribution in [0.4, 0.5) is 18.3 Å². The standard InChI is InChI=1S/C12H14F3N5OS/c1-19-7-4-16-9(19)11(21)2-5-20(6-3-11)10-17-8(18-22-10)12(13,14)15/h4,7,21H,2-3,5-6H2,1H3. The van der Waals surface area contributed by atoms with Crippen molar-refractivity contribution in [1.82, 2.24) is 18.9 Å². The third-order valence-electron chi connectivity index (χ3n) is 3.77. The molecule has 3 heterocycles. The van der Waals surface area contributed by atoms with E-state index < -0.39 is 17.6 Å². The summed E-state index contributed by atoms with van der Waals surface area (Å²) in [6.07, 6.45) is -0.421. The summed E-state index contributed by atoms with van der Waals surface area (Å²) < 4.78 is 42.7. The van der Waals surface area contributed by atoms with Crippen molar-refractivity contribution in [2.24, 2.45) is 7.05 Å². The highest BCUT2D eigenvalue weighted by molar-refractivity contribution is 7.09. The van der Waals surface area contributed by atoms with E-state index >= 15 is 0 Å². The number of nitrogens with zero attached hydrogens (tertiary/aromatic N) is 5. The van der Waals surface area contributed by atoms with Gasteiger partial charge in [-0.2, -0.15) is 22.5 Å². The number of aliphatic hydroxyl groups is 1. The minimum Gasteiger partial charge on any atom is -0.382 e. The molecular formula is C12H14F3N5OS. The number of halogens is 3. The highest BCUT2D eigenvalue weighted by Crippen LogP contribution is 2.35. The first-order chi connectivity index (χ1) is 10.3. The first-order valence-corrected chi connectivity index (χ1v) is 7.43. The Bertz CT molecular complexity index is 660. The van der Waals surface area contributed by atoms with Crippen molar-refractivity contribution in [2.45, 2.75) is 24.6 Å². The molecule has 0 bridgehead atoms. The Labute approximate surface area is 128 Å². The van der Waals surface area contributed by atoms with Crippen molar-refractivity contribution >= 4 is 16.7 Å². The third kappa shape index (κ3) is 2.68. The van der Waals surface area contributed by atoms with Gasteiger partial charge in [-0.1, -0.05) is 0 Å². The Morgan fingerprint density at radius 2 is 2.00 bits per heavy atom. The summed E-state index contributed by atoms with van der Waals surface area (Å²) in [6.45, 7) is 0.797. The van der Waals surface area contributed by atoms with Crippen LogP contribution >= 0.6 is 11.5 Å². The fourth-order valence-corrected chi connectivity index (χ4v) is 3.30. The van der Waals surface area contributed by atoms with Crippen LogP contribution in [0.25, 0.3) is 0 Å². The molecule has 0 aromatic carbocycles. The van der Waals surface area contributed by atoms with E-state index in [4.69, 9.17) is 0 Å². The lowest BCUT2D eigenvalue weighted by Gasteiger charge is -2.37. The van der Waals surface area contributed by atoms with Crippen LogP contribution in [0.15, 0.2) is 12.4 Å². The number of piperidine rings is 1. The minimum absolute atomic E-state index is 0.231. The molecule has 0 radical (unpaired) electrons. The molecule has 0 unspecified atom stereocenters. The van der Waals surface area contributed by atoms with Gasteiger partial charge in [0.05, 0.1) is 0 Å². The lowest BCUT2D eigenvalue weighted by molar-refractivity contribution is -0.144. The van der Waals surface area contributed by atoms with E-state index in [0.29, 0.717) is 31.8 Å². The Morgan fingerprint density at radius 1 is 1.32 bits per heavy atom. The van der Waals surface area contributed by atoms with Crippen LogP contribution in [-0.4, -0.2) is 37.1 Å². The molecule has 0 saturated carbocycles. The van der Waals surface area contributed by atoms with Gasteiger partial charge in [-0.25, -0.2) is 4.98 Å². The maximum absolute atomic E-state index is 12.5. The topological polar surface area (TPSA) is 67.1 Å². The van der Waals surface area contributed by atoms with Gasteiger partial charge in [0.25, 0.3) is 0 Å². The molecule has 1 N–H and O–H groups in total. The number of aromatic nitrogens is 4. The summed E-state index contributed by atoms with van der Waals surface area (Å²) >= 11 is 0.726. The average Bonchev–Trinajstić information content (AvgIpc) is 3.08. The SMILES string of the molecule is Cn1ccnc1C1(O)CCN(c2nc(C(F)(F)F)ns2)CC1. The van der Waals surface area contributed by atoms with Gasteiger partial charge >= 0.3 is 6.18 Å². The molecule has 0 atom stereocenters. The maximum atomic E-state index is 12.5. The number of alkyl halides is 3. The van der Waals surface area contributed by atoms with Gasteiger partial charge in [0.15, 0.2) is 0 Å². The second kappa shape index (κ2) is 5.20. The molecule has 2 aromatic heterocycles. The molecule has 1 aliphatic heterocycles. The van der Waals surface area contributed by atoms with E-state index in [0.717, 1.165) is 11.5 Å². The minimum atomic E-state index is -4.53. The van der Waals surface area contributed by atoms with E-state index in [2.05, 4.69) is 14.3 Å². The van der Waals surface area contributed by atoms with Crippen LogP contribution in [-0.2, 0) is 18.8 Å². The van der Waals surface area contributed by atoms with E-state index in [9.17, 15) is 18.3 Å².